The number of carbonyl (C=O) groups is 1. The molecule has 1 heterocycles. The Morgan fingerprint density at radius 1 is 1.30 bits per heavy atom. The quantitative estimate of drug-likeness (QED) is 0.887. The average Bonchev–Trinajstić information content (AvgIpc) is 3.08. The number of rotatable bonds is 3. The number of nitrogens with one attached hydrogen (secondary N) is 1. The van der Waals surface area contributed by atoms with Crippen molar-refractivity contribution < 1.29 is 4.79 Å². The number of nitrogens with zero attached hydrogens (tertiary/aromatic N) is 2. The van der Waals surface area contributed by atoms with Gasteiger partial charge in [0.05, 0.1) is 17.4 Å². The first-order valence-electron chi connectivity index (χ1n) is 6.05. The zero-order chi connectivity index (χ0) is 14.3. The second-order valence-electron chi connectivity index (χ2n) is 4.64. The first-order chi connectivity index (χ1) is 9.54. The van der Waals surface area contributed by atoms with Crippen LogP contribution in [0.2, 0.25) is 10.0 Å². The van der Waals surface area contributed by atoms with Crippen LogP contribution in [0.4, 0.5) is 0 Å². The van der Waals surface area contributed by atoms with Crippen molar-refractivity contribution in [2.75, 3.05) is 0 Å². The molecule has 1 N–H and O–H groups in total. The minimum Gasteiger partial charge on any atom is -0.349 e. The van der Waals surface area contributed by atoms with Gasteiger partial charge < -0.3 is 5.32 Å². The van der Waals surface area contributed by atoms with Crippen LogP contribution >= 0.6 is 39.1 Å². The van der Waals surface area contributed by atoms with Crippen LogP contribution in [0.5, 0.6) is 0 Å². The molecule has 0 saturated heterocycles. The minimum absolute atomic E-state index is 0.126. The Labute approximate surface area is 134 Å². The van der Waals surface area contributed by atoms with Crippen molar-refractivity contribution in [3.8, 4) is 5.69 Å². The molecule has 1 saturated carbocycles. The lowest BCUT2D eigenvalue weighted by Gasteiger charge is -2.06. The highest BCUT2D eigenvalue weighted by molar-refractivity contribution is 9.10. The largest absolute Gasteiger partial charge is 0.349 e. The van der Waals surface area contributed by atoms with Gasteiger partial charge in [-0.2, -0.15) is 5.10 Å². The molecule has 0 spiro atoms. The van der Waals surface area contributed by atoms with Gasteiger partial charge in [0.15, 0.2) is 0 Å². The lowest BCUT2D eigenvalue weighted by Crippen LogP contribution is -2.25. The second-order valence-corrected chi connectivity index (χ2v) is 6.26. The number of halogens is 3. The van der Waals surface area contributed by atoms with Crippen LogP contribution in [0.25, 0.3) is 5.69 Å². The van der Waals surface area contributed by atoms with E-state index >= 15 is 0 Å². The molecule has 2 aromatic rings. The Kier molecular flexibility index (Phi) is 3.75. The first-order valence-corrected chi connectivity index (χ1v) is 7.60. The molecule has 1 aromatic heterocycles. The maximum Gasteiger partial charge on any atom is 0.255 e. The van der Waals surface area contributed by atoms with E-state index in [1.54, 1.807) is 22.9 Å². The SMILES string of the molecule is O=C(NC1CC1)c1cnn(-c2cc(Cl)cc(Cl)c2)c1Br. The molecule has 20 heavy (non-hydrogen) atoms. The Morgan fingerprint density at radius 3 is 2.55 bits per heavy atom. The number of hydrogen-bond donors (Lipinski definition) is 1. The van der Waals surface area contributed by atoms with Gasteiger partial charge in [0, 0.05) is 16.1 Å². The van der Waals surface area contributed by atoms with Crippen molar-refractivity contribution in [1.29, 1.82) is 0 Å². The van der Waals surface area contributed by atoms with Crippen molar-refractivity contribution in [1.82, 2.24) is 15.1 Å². The fourth-order valence-corrected chi connectivity index (χ4v) is 2.91. The predicted octanol–water partition coefficient (Wildman–Crippen LogP) is 3.83. The second kappa shape index (κ2) is 5.39. The molecule has 1 aliphatic rings. The van der Waals surface area contributed by atoms with E-state index in [9.17, 15) is 4.79 Å². The summed E-state index contributed by atoms with van der Waals surface area (Å²) in [6.45, 7) is 0. The van der Waals surface area contributed by atoms with E-state index in [1.165, 1.54) is 6.20 Å². The van der Waals surface area contributed by atoms with Crippen LogP contribution in [-0.2, 0) is 0 Å². The number of amides is 1. The van der Waals surface area contributed by atoms with Gasteiger partial charge in [-0.05, 0) is 47.0 Å². The van der Waals surface area contributed by atoms with Gasteiger partial charge in [0.1, 0.15) is 4.60 Å². The van der Waals surface area contributed by atoms with Crippen molar-refractivity contribution in [2.24, 2.45) is 0 Å². The van der Waals surface area contributed by atoms with Gasteiger partial charge in [-0.15, -0.1) is 0 Å². The lowest BCUT2D eigenvalue weighted by atomic mass is 10.3. The summed E-state index contributed by atoms with van der Waals surface area (Å²) < 4.78 is 2.16. The van der Waals surface area contributed by atoms with Gasteiger partial charge in [0.2, 0.25) is 0 Å². The average molecular weight is 375 g/mol. The Hall–Kier alpha value is -1.04. The van der Waals surface area contributed by atoms with E-state index in [-0.39, 0.29) is 5.91 Å². The van der Waals surface area contributed by atoms with Crippen LogP contribution in [0.3, 0.4) is 0 Å². The molecule has 1 aliphatic carbocycles. The van der Waals surface area contributed by atoms with E-state index in [0.29, 0.717) is 31.9 Å². The van der Waals surface area contributed by atoms with Crippen molar-refractivity contribution in [3.05, 3.63) is 44.6 Å². The molecule has 0 atom stereocenters. The van der Waals surface area contributed by atoms with Crippen LogP contribution in [0.15, 0.2) is 29.0 Å². The highest BCUT2D eigenvalue weighted by Gasteiger charge is 2.26. The Morgan fingerprint density at radius 2 is 1.95 bits per heavy atom. The van der Waals surface area contributed by atoms with Crippen LogP contribution < -0.4 is 5.32 Å². The molecular weight excluding hydrogens is 365 g/mol. The third kappa shape index (κ3) is 2.85. The molecule has 1 amide bonds. The van der Waals surface area contributed by atoms with E-state index < -0.39 is 0 Å². The molecule has 0 aliphatic heterocycles. The molecule has 3 rings (SSSR count). The van der Waals surface area contributed by atoms with Crippen LogP contribution in [0.1, 0.15) is 23.2 Å². The van der Waals surface area contributed by atoms with Gasteiger partial charge in [0.25, 0.3) is 5.91 Å². The third-order valence-corrected chi connectivity index (χ3v) is 4.16. The maximum atomic E-state index is 12.0. The summed E-state index contributed by atoms with van der Waals surface area (Å²) in [6, 6.07) is 5.41. The minimum atomic E-state index is -0.126. The highest BCUT2D eigenvalue weighted by Crippen LogP contribution is 2.27. The lowest BCUT2D eigenvalue weighted by molar-refractivity contribution is 0.0950. The highest BCUT2D eigenvalue weighted by atomic mass is 79.9. The summed E-state index contributed by atoms with van der Waals surface area (Å²) in [5.41, 5.74) is 1.19. The van der Waals surface area contributed by atoms with Gasteiger partial charge >= 0.3 is 0 Å². The topological polar surface area (TPSA) is 46.9 Å². The first kappa shape index (κ1) is 13.9. The Bertz CT molecular complexity index is 662. The summed E-state index contributed by atoms with van der Waals surface area (Å²) in [4.78, 5) is 12.0. The summed E-state index contributed by atoms with van der Waals surface area (Å²) >= 11 is 15.4. The Balaban J connectivity index is 1.94. The molecule has 0 bridgehead atoms. The van der Waals surface area contributed by atoms with Gasteiger partial charge in [-0.3, -0.25) is 4.79 Å². The van der Waals surface area contributed by atoms with E-state index in [1.807, 2.05) is 0 Å². The number of hydrogen-bond acceptors (Lipinski definition) is 2. The molecule has 1 aromatic carbocycles. The van der Waals surface area contributed by atoms with Crippen LogP contribution in [0, 0.1) is 0 Å². The number of carbonyl (C=O) groups excluding carboxylic acids is 1. The molecule has 1 fully saturated rings. The number of aromatic nitrogens is 2. The van der Waals surface area contributed by atoms with Gasteiger partial charge in [-0.1, -0.05) is 23.2 Å². The van der Waals surface area contributed by atoms with Crippen molar-refractivity contribution in [2.45, 2.75) is 18.9 Å². The zero-order valence-corrected chi connectivity index (χ0v) is 13.3. The molecule has 7 heteroatoms. The molecule has 0 radical (unpaired) electrons. The maximum absolute atomic E-state index is 12.0. The molecular formula is C13H10BrCl2N3O. The summed E-state index contributed by atoms with van der Waals surface area (Å²) in [6.07, 6.45) is 3.61. The zero-order valence-electron chi connectivity index (χ0n) is 10.2. The summed E-state index contributed by atoms with van der Waals surface area (Å²) in [5, 5.41) is 8.16. The van der Waals surface area contributed by atoms with Crippen LogP contribution in [-0.4, -0.2) is 21.7 Å². The standard InChI is InChI=1S/C13H10BrCl2N3O/c14-12-11(13(20)18-9-1-2-9)6-17-19(12)10-4-7(15)3-8(16)5-10/h3-6,9H,1-2H2,(H,18,20). The molecule has 104 valence electrons. The number of benzene rings is 1. The van der Waals surface area contributed by atoms with E-state index in [4.69, 9.17) is 23.2 Å². The summed E-state index contributed by atoms with van der Waals surface area (Å²) in [7, 11) is 0. The fraction of sp³-hybridized carbons (Fsp3) is 0.231. The normalized spacial score (nSPS) is 14.3. The van der Waals surface area contributed by atoms with E-state index in [0.717, 1.165) is 12.8 Å². The fourth-order valence-electron chi connectivity index (χ4n) is 1.82. The van der Waals surface area contributed by atoms with Gasteiger partial charge in [-0.25, -0.2) is 4.68 Å². The monoisotopic (exact) mass is 373 g/mol. The molecule has 4 nitrogen and oxygen atoms in total. The molecule has 0 unspecified atom stereocenters. The van der Waals surface area contributed by atoms with Crippen molar-refractivity contribution in [3.63, 3.8) is 0 Å². The summed E-state index contributed by atoms with van der Waals surface area (Å²) in [5.74, 6) is -0.126. The predicted molar refractivity (Wildman–Crippen MR) is 81.8 cm³/mol. The third-order valence-electron chi connectivity index (χ3n) is 2.96. The smallest absolute Gasteiger partial charge is 0.255 e. The van der Waals surface area contributed by atoms with E-state index in [2.05, 4.69) is 26.3 Å². The van der Waals surface area contributed by atoms with Crippen molar-refractivity contribution >= 4 is 45.0 Å².